The van der Waals surface area contributed by atoms with Gasteiger partial charge in [0.15, 0.2) is 5.13 Å². The number of hydrogen-bond donors (Lipinski definition) is 1. The van der Waals surface area contributed by atoms with E-state index in [1.165, 1.54) is 28.8 Å². The average molecular weight is 420 g/mol. The van der Waals surface area contributed by atoms with E-state index in [0.29, 0.717) is 16.8 Å². The highest BCUT2D eigenvalue weighted by atomic mass is 32.1. The number of benzene rings is 2. The van der Waals surface area contributed by atoms with Crippen LogP contribution in [0.25, 0.3) is 10.2 Å². The van der Waals surface area contributed by atoms with E-state index in [-0.39, 0.29) is 16.4 Å². The highest BCUT2D eigenvalue weighted by Gasteiger charge is 2.16. The van der Waals surface area contributed by atoms with Gasteiger partial charge in [0.05, 0.1) is 21.7 Å². The van der Waals surface area contributed by atoms with E-state index < -0.39 is 16.4 Å². The molecule has 0 bridgehead atoms. The summed E-state index contributed by atoms with van der Waals surface area (Å²) < 4.78 is 2.05. The number of carbonyl (C=O) groups excluding carboxylic acids is 1. The van der Waals surface area contributed by atoms with Crippen molar-refractivity contribution >= 4 is 38.3 Å². The SMILES string of the molecule is Cc1cccc(Cn2cccc(C(=O)Nc3nc4ccc([N+](=O)[O-])cc4s3)c2=O)c1. The Labute approximate surface area is 174 Å². The number of aryl methyl sites for hydroxylation is 1. The molecule has 0 unspecified atom stereocenters. The largest absolute Gasteiger partial charge is 0.310 e. The van der Waals surface area contributed by atoms with Crippen molar-refractivity contribution in [2.45, 2.75) is 13.5 Å². The number of nitrogens with one attached hydrogen (secondary N) is 1. The number of non-ortho nitro benzene ring substituents is 1. The van der Waals surface area contributed by atoms with E-state index >= 15 is 0 Å². The first-order valence-electron chi connectivity index (χ1n) is 9.02. The van der Waals surface area contributed by atoms with Crippen molar-refractivity contribution < 1.29 is 9.72 Å². The van der Waals surface area contributed by atoms with E-state index in [4.69, 9.17) is 0 Å². The van der Waals surface area contributed by atoms with E-state index in [1.54, 1.807) is 12.3 Å². The number of anilines is 1. The first-order valence-corrected chi connectivity index (χ1v) is 9.84. The van der Waals surface area contributed by atoms with Crippen LogP contribution >= 0.6 is 11.3 Å². The van der Waals surface area contributed by atoms with Crippen molar-refractivity contribution in [3.05, 3.63) is 98.0 Å². The van der Waals surface area contributed by atoms with Gasteiger partial charge >= 0.3 is 0 Å². The summed E-state index contributed by atoms with van der Waals surface area (Å²) in [4.78, 5) is 40.2. The number of pyridine rings is 1. The predicted octanol–water partition coefficient (Wildman–Crippen LogP) is 3.98. The second-order valence-electron chi connectivity index (χ2n) is 6.73. The van der Waals surface area contributed by atoms with Crippen LogP contribution in [0, 0.1) is 17.0 Å². The molecule has 2 aromatic heterocycles. The molecule has 2 aromatic carbocycles. The highest BCUT2D eigenvalue weighted by Crippen LogP contribution is 2.29. The number of nitro groups is 1. The minimum Gasteiger partial charge on any atom is -0.310 e. The zero-order valence-electron chi connectivity index (χ0n) is 15.9. The summed E-state index contributed by atoms with van der Waals surface area (Å²) in [7, 11) is 0. The monoisotopic (exact) mass is 420 g/mol. The van der Waals surface area contributed by atoms with E-state index in [2.05, 4.69) is 10.3 Å². The molecule has 0 aliphatic heterocycles. The molecule has 1 N–H and O–H groups in total. The molecule has 4 aromatic rings. The maximum absolute atomic E-state index is 12.8. The maximum atomic E-state index is 12.8. The molecular weight excluding hydrogens is 404 g/mol. The molecule has 0 saturated carbocycles. The maximum Gasteiger partial charge on any atom is 0.270 e. The van der Waals surface area contributed by atoms with Gasteiger partial charge in [-0.1, -0.05) is 41.2 Å². The summed E-state index contributed by atoms with van der Waals surface area (Å²) in [6.07, 6.45) is 1.64. The zero-order valence-corrected chi connectivity index (χ0v) is 16.7. The fraction of sp³-hybridized carbons (Fsp3) is 0.0952. The lowest BCUT2D eigenvalue weighted by Gasteiger charge is -2.08. The molecule has 0 spiro atoms. The summed E-state index contributed by atoms with van der Waals surface area (Å²) in [6, 6.07) is 15.2. The van der Waals surface area contributed by atoms with E-state index in [9.17, 15) is 19.7 Å². The minimum atomic E-state index is -0.577. The third kappa shape index (κ3) is 3.96. The Morgan fingerprint density at radius 1 is 1.20 bits per heavy atom. The number of nitro benzene ring substituents is 1. The fourth-order valence-corrected chi connectivity index (χ4v) is 3.98. The first-order chi connectivity index (χ1) is 14.4. The van der Waals surface area contributed by atoms with Gasteiger partial charge in [-0.25, -0.2) is 4.98 Å². The van der Waals surface area contributed by atoms with Gasteiger partial charge in [0.2, 0.25) is 0 Å². The number of hydrogen-bond acceptors (Lipinski definition) is 6. The zero-order chi connectivity index (χ0) is 21.3. The Morgan fingerprint density at radius 2 is 2.03 bits per heavy atom. The summed E-state index contributed by atoms with van der Waals surface area (Å²) >= 11 is 1.11. The van der Waals surface area contributed by atoms with Gasteiger partial charge in [-0.05, 0) is 30.7 Å². The van der Waals surface area contributed by atoms with Crippen molar-refractivity contribution in [1.82, 2.24) is 9.55 Å². The Balaban J connectivity index is 1.58. The van der Waals surface area contributed by atoms with Crippen LogP contribution in [-0.2, 0) is 6.54 Å². The van der Waals surface area contributed by atoms with Gasteiger partial charge in [-0.15, -0.1) is 0 Å². The van der Waals surface area contributed by atoms with Gasteiger partial charge in [-0.2, -0.15) is 0 Å². The molecule has 30 heavy (non-hydrogen) atoms. The minimum absolute atomic E-state index is 0.00427. The Bertz CT molecular complexity index is 1340. The molecule has 0 aliphatic rings. The number of amides is 1. The van der Waals surface area contributed by atoms with Crippen molar-refractivity contribution in [3.8, 4) is 0 Å². The fourth-order valence-electron chi connectivity index (χ4n) is 3.09. The lowest BCUT2D eigenvalue weighted by molar-refractivity contribution is -0.384. The Morgan fingerprint density at radius 3 is 2.80 bits per heavy atom. The van der Waals surface area contributed by atoms with Crippen LogP contribution in [0.15, 0.2) is 65.6 Å². The number of carbonyl (C=O) groups is 1. The highest BCUT2D eigenvalue weighted by molar-refractivity contribution is 7.22. The number of thiazole rings is 1. The smallest absolute Gasteiger partial charge is 0.270 e. The third-order valence-electron chi connectivity index (χ3n) is 4.50. The van der Waals surface area contributed by atoms with Crippen LogP contribution in [0.1, 0.15) is 21.5 Å². The lowest BCUT2D eigenvalue weighted by Crippen LogP contribution is -2.29. The molecule has 150 valence electrons. The molecule has 0 radical (unpaired) electrons. The van der Waals surface area contributed by atoms with Gasteiger partial charge in [-0.3, -0.25) is 25.0 Å². The normalized spacial score (nSPS) is 10.8. The molecule has 2 heterocycles. The average Bonchev–Trinajstić information content (AvgIpc) is 3.10. The van der Waals surface area contributed by atoms with Gasteiger partial charge in [0.1, 0.15) is 5.56 Å². The van der Waals surface area contributed by atoms with Crippen LogP contribution < -0.4 is 10.9 Å². The summed E-state index contributed by atoms with van der Waals surface area (Å²) in [5, 5.41) is 13.8. The van der Waals surface area contributed by atoms with E-state index in [1.807, 2.05) is 31.2 Å². The Hall–Kier alpha value is -3.85. The van der Waals surface area contributed by atoms with Crippen molar-refractivity contribution in [2.75, 3.05) is 5.32 Å². The van der Waals surface area contributed by atoms with Crippen molar-refractivity contribution in [2.24, 2.45) is 0 Å². The molecular formula is C21H16N4O4S. The summed E-state index contributed by atoms with van der Waals surface area (Å²) in [5.74, 6) is -0.577. The quantitative estimate of drug-likeness (QED) is 0.388. The van der Waals surface area contributed by atoms with Gasteiger partial charge in [0, 0.05) is 18.3 Å². The number of rotatable bonds is 5. The van der Waals surface area contributed by atoms with Crippen molar-refractivity contribution in [1.29, 1.82) is 0 Å². The third-order valence-corrected chi connectivity index (χ3v) is 5.44. The molecule has 0 saturated heterocycles. The molecule has 9 heteroatoms. The topological polar surface area (TPSA) is 107 Å². The number of nitrogens with zero attached hydrogens (tertiary/aromatic N) is 3. The van der Waals surface area contributed by atoms with Crippen LogP contribution in [0.5, 0.6) is 0 Å². The molecule has 1 amide bonds. The van der Waals surface area contributed by atoms with Crippen LogP contribution in [0.4, 0.5) is 10.8 Å². The second kappa shape index (κ2) is 7.88. The predicted molar refractivity (Wildman–Crippen MR) is 115 cm³/mol. The lowest BCUT2D eigenvalue weighted by atomic mass is 10.1. The molecule has 0 atom stereocenters. The van der Waals surface area contributed by atoms with Crippen LogP contribution in [0.2, 0.25) is 0 Å². The van der Waals surface area contributed by atoms with Gasteiger partial charge < -0.3 is 4.57 Å². The molecule has 8 nitrogen and oxygen atoms in total. The number of aromatic nitrogens is 2. The van der Waals surface area contributed by atoms with Gasteiger partial charge in [0.25, 0.3) is 17.2 Å². The molecule has 4 rings (SSSR count). The second-order valence-corrected chi connectivity index (χ2v) is 7.76. The number of fused-ring (bicyclic) bond motifs is 1. The summed E-state index contributed by atoms with van der Waals surface area (Å²) in [6.45, 7) is 2.33. The standard InChI is InChI=1S/C21H16N4O4S/c1-13-4-2-5-14(10-13)12-24-9-3-6-16(20(24)27)19(26)23-21-22-17-8-7-15(25(28)29)11-18(17)30-21/h2-11H,12H2,1H3,(H,22,23,26). The van der Waals surface area contributed by atoms with Crippen LogP contribution in [0.3, 0.4) is 0 Å². The summed E-state index contributed by atoms with van der Waals surface area (Å²) in [5.41, 5.74) is 2.12. The molecule has 0 fully saturated rings. The Kier molecular flexibility index (Phi) is 5.11. The van der Waals surface area contributed by atoms with Crippen LogP contribution in [-0.4, -0.2) is 20.4 Å². The molecule has 0 aliphatic carbocycles. The van der Waals surface area contributed by atoms with E-state index in [0.717, 1.165) is 22.5 Å². The first kappa shape index (κ1) is 19.5. The van der Waals surface area contributed by atoms with Crippen molar-refractivity contribution in [3.63, 3.8) is 0 Å².